The summed E-state index contributed by atoms with van der Waals surface area (Å²) in [6, 6.07) is 17.3. The van der Waals surface area contributed by atoms with Crippen molar-refractivity contribution < 1.29 is 23.8 Å². The highest BCUT2D eigenvalue weighted by atomic mass is 79.9. The van der Waals surface area contributed by atoms with Gasteiger partial charge in [-0.1, -0.05) is 45.2 Å². The molecule has 1 aliphatic heterocycles. The highest BCUT2D eigenvalue weighted by Crippen LogP contribution is 2.38. The predicted molar refractivity (Wildman–Crippen MR) is 129 cm³/mol. The van der Waals surface area contributed by atoms with Gasteiger partial charge >= 0.3 is 11.9 Å². The van der Waals surface area contributed by atoms with E-state index >= 15 is 0 Å². The Bertz CT molecular complexity index is 1300. The van der Waals surface area contributed by atoms with Crippen LogP contribution >= 0.6 is 27.5 Å². The minimum atomic E-state index is -0.585. The van der Waals surface area contributed by atoms with Gasteiger partial charge < -0.3 is 14.2 Å². The number of esters is 2. The SMILES string of the molecule is COc1cc(/C=C2\N=C(c3ccc(Br)cc3)OC2=O)cc(Cl)c1OC(=O)c1ccc(C)cc1. The van der Waals surface area contributed by atoms with Gasteiger partial charge in [0.05, 0.1) is 17.7 Å². The monoisotopic (exact) mass is 525 g/mol. The molecule has 0 saturated carbocycles. The number of benzene rings is 3. The summed E-state index contributed by atoms with van der Waals surface area (Å²) in [5.74, 6) is -0.624. The van der Waals surface area contributed by atoms with E-state index in [4.69, 9.17) is 25.8 Å². The van der Waals surface area contributed by atoms with Gasteiger partial charge in [0.15, 0.2) is 17.2 Å². The molecule has 0 saturated heterocycles. The second kappa shape index (κ2) is 9.60. The number of ether oxygens (including phenoxy) is 3. The molecule has 0 amide bonds. The molecule has 0 aliphatic carbocycles. The topological polar surface area (TPSA) is 74.2 Å². The lowest BCUT2D eigenvalue weighted by Crippen LogP contribution is -2.09. The molecule has 166 valence electrons. The van der Waals surface area contributed by atoms with Gasteiger partial charge in [0, 0.05) is 10.0 Å². The second-order valence-electron chi connectivity index (χ2n) is 7.13. The van der Waals surface area contributed by atoms with E-state index in [1.165, 1.54) is 13.2 Å². The van der Waals surface area contributed by atoms with Crippen molar-refractivity contribution in [3.63, 3.8) is 0 Å². The molecule has 8 heteroatoms. The quantitative estimate of drug-likeness (QED) is 0.232. The Morgan fingerprint density at radius 2 is 1.79 bits per heavy atom. The lowest BCUT2D eigenvalue weighted by Gasteiger charge is -2.12. The summed E-state index contributed by atoms with van der Waals surface area (Å²) >= 11 is 9.75. The fourth-order valence-electron chi connectivity index (χ4n) is 3.05. The van der Waals surface area contributed by atoms with E-state index in [0.29, 0.717) is 16.7 Å². The van der Waals surface area contributed by atoms with Crippen molar-refractivity contribution in [2.75, 3.05) is 7.11 Å². The highest BCUT2D eigenvalue weighted by Gasteiger charge is 2.25. The Hall–Kier alpha value is -3.42. The Morgan fingerprint density at radius 3 is 2.45 bits per heavy atom. The van der Waals surface area contributed by atoms with Gasteiger partial charge in [-0.3, -0.25) is 0 Å². The summed E-state index contributed by atoms with van der Waals surface area (Å²) in [5.41, 5.74) is 2.71. The first kappa shape index (κ1) is 22.8. The first-order valence-electron chi connectivity index (χ1n) is 9.79. The van der Waals surface area contributed by atoms with Crippen LogP contribution in [0.1, 0.15) is 27.0 Å². The van der Waals surface area contributed by atoms with E-state index in [2.05, 4.69) is 20.9 Å². The van der Waals surface area contributed by atoms with Crippen molar-refractivity contribution in [1.82, 2.24) is 0 Å². The standard InChI is InChI=1S/C25H17BrClNO5/c1-14-3-5-17(6-4-14)24(29)32-22-19(27)11-15(13-21(22)31-2)12-20-25(30)33-23(28-20)16-7-9-18(26)10-8-16/h3-13H,1-2H3/b20-12-. The Labute approximate surface area is 203 Å². The third-order valence-corrected chi connectivity index (χ3v) is 5.56. The van der Waals surface area contributed by atoms with E-state index in [1.807, 2.05) is 31.2 Å². The van der Waals surface area contributed by atoms with E-state index in [9.17, 15) is 9.59 Å². The van der Waals surface area contributed by atoms with Crippen LogP contribution in [0.3, 0.4) is 0 Å². The normalized spacial score (nSPS) is 14.1. The maximum Gasteiger partial charge on any atom is 0.363 e. The first-order valence-corrected chi connectivity index (χ1v) is 11.0. The summed E-state index contributed by atoms with van der Waals surface area (Å²) < 4.78 is 17.0. The number of methoxy groups -OCH3 is 1. The Morgan fingerprint density at radius 1 is 1.09 bits per heavy atom. The maximum absolute atomic E-state index is 12.5. The molecule has 0 atom stereocenters. The van der Waals surface area contributed by atoms with Gasteiger partial charge in [-0.25, -0.2) is 14.6 Å². The van der Waals surface area contributed by atoms with Crippen molar-refractivity contribution >= 4 is 51.4 Å². The van der Waals surface area contributed by atoms with Crippen LogP contribution in [0, 0.1) is 6.92 Å². The van der Waals surface area contributed by atoms with E-state index < -0.39 is 11.9 Å². The number of aliphatic imine (C=N–C) groups is 1. The number of rotatable bonds is 5. The average molecular weight is 527 g/mol. The molecule has 6 nitrogen and oxygen atoms in total. The molecule has 0 fully saturated rings. The third-order valence-electron chi connectivity index (χ3n) is 4.75. The molecule has 0 N–H and O–H groups in total. The van der Waals surface area contributed by atoms with Gasteiger partial charge in [0.2, 0.25) is 5.90 Å². The van der Waals surface area contributed by atoms with Crippen molar-refractivity contribution in [3.05, 3.63) is 98.1 Å². The van der Waals surface area contributed by atoms with Crippen molar-refractivity contribution in [1.29, 1.82) is 0 Å². The summed E-state index contributed by atoms with van der Waals surface area (Å²) in [6.45, 7) is 1.92. The molecule has 0 radical (unpaired) electrons. The van der Waals surface area contributed by atoms with E-state index in [1.54, 1.807) is 36.4 Å². The summed E-state index contributed by atoms with van der Waals surface area (Å²) in [7, 11) is 1.43. The van der Waals surface area contributed by atoms with Crippen LogP contribution in [0.25, 0.3) is 6.08 Å². The van der Waals surface area contributed by atoms with Crippen molar-refractivity contribution in [3.8, 4) is 11.5 Å². The lowest BCUT2D eigenvalue weighted by atomic mass is 10.1. The molecular weight excluding hydrogens is 510 g/mol. The molecule has 33 heavy (non-hydrogen) atoms. The number of halogens is 2. The smallest absolute Gasteiger partial charge is 0.363 e. The van der Waals surface area contributed by atoms with E-state index in [-0.39, 0.29) is 28.1 Å². The Kier molecular flexibility index (Phi) is 6.62. The second-order valence-corrected chi connectivity index (χ2v) is 8.46. The van der Waals surface area contributed by atoms with Crippen LogP contribution in [0.4, 0.5) is 0 Å². The molecule has 4 rings (SSSR count). The fraction of sp³-hybridized carbons (Fsp3) is 0.0800. The average Bonchev–Trinajstić information content (AvgIpc) is 3.16. The molecule has 1 heterocycles. The van der Waals surface area contributed by atoms with Crippen molar-refractivity contribution in [2.45, 2.75) is 6.92 Å². The van der Waals surface area contributed by atoms with Gasteiger partial charge in [0.25, 0.3) is 0 Å². The number of cyclic esters (lactones) is 1. The van der Waals surface area contributed by atoms with Crippen molar-refractivity contribution in [2.24, 2.45) is 4.99 Å². The number of carbonyl (C=O) groups is 2. The zero-order valence-electron chi connectivity index (χ0n) is 17.6. The molecular formula is C25H17BrClNO5. The van der Waals surface area contributed by atoms with Gasteiger partial charge in [-0.2, -0.15) is 0 Å². The fourth-order valence-corrected chi connectivity index (χ4v) is 3.57. The van der Waals surface area contributed by atoms with E-state index in [0.717, 1.165) is 10.0 Å². The predicted octanol–water partition coefficient (Wildman–Crippen LogP) is 5.98. The zero-order chi connectivity index (χ0) is 23.5. The molecule has 0 unspecified atom stereocenters. The number of carbonyl (C=O) groups excluding carboxylic acids is 2. The van der Waals surface area contributed by atoms with Gasteiger partial charge in [0.1, 0.15) is 0 Å². The van der Waals surface area contributed by atoms with Crippen LogP contribution < -0.4 is 9.47 Å². The molecule has 3 aromatic rings. The van der Waals surface area contributed by atoms with Crippen LogP contribution in [0.5, 0.6) is 11.5 Å². The molecule has 0 aromatic heterocycles. The minimum Gasteiger partial charge on any atom is -0.493 e. The molecule has 0 bridgehead atoms. The molecule has 1 aliphatic rings. The molecule has 0 spiro atoms. The number of aryl methyl sites for hydroxylation is 1. The van der Waals surface area contributed by atoms with Crippen LogP contribution in [-0.2, 0) is 9.53 Å². The van der Waals surface area contributed by atoms with Gasteiger partial charge in [-0.15, -0.1) is 0 Å². The maximum atomic E-state index is 12.5. The summed E-state index contributed by atoms with van der Waals surface area (Å²) in [6.07, 6.45) is 1.52. The Balaban J connectivity index is 1.61. The zero-order valence-corrected chi connectivity index (χ0v) is 19.9. The molecule has 3 aromatic carbocycles. The number of hydrogen-bond acceptors (Lipinski definition) is 6. The van der Waals surface area contributed by atoms with Gasteiger partial charge in [-0.05, 0) is 67.1 Å². The first-order chi connectivity index (χ1) is 15.8. The largest absolute Gasteiger partial charge is 0.493 e. The van der Waals surface area contributed by atoms with Crippen LogP contribution in [0.2, 0.25) is 5.02 Å². The minimum absolute atomic E-state index is 0.0833. The van der Waals surface area contributed by atoms with Crippen LogP contribution in [0.15, 0.2) is 75.8 Å². The third kappa shape index (κ3) is 5.16. The lowest BCUT2D eigenvalue weighted by molar-refractivity contribution is -0.129. The summed E-state index contributed by atoms with van der Waals surface area (Å²) in [5, 5.41) is 0.144. The number of hydrogen-bond donors (Lipinski definition) is 0. The van der Waals surface area contributed by atoms with Crippen LogP contribution in [-0.4, -0.2) is 24.9 Å². The number of nitrogens with zero attached hydrogens (tertiary/aromatic N) is 1. The highest BCUT2D eigenvalue weighted by molar-refractivity contribution is 9.10. The summed E-state index contributed by atoms with van der Waals surface area (Å²) in [4.78, 5) is 29.1.